The van der Waals surface area contributed by atoms with Crippen molar-refractivity contribution in [2.45, 2.75) is 12.5 Å². The van der Waals surface area contributed by atoms with Crippen LogP contribution in [0.1, 0.15) is 6.42 Å². The molecule has 0 aromatic carbocycles. The number of likely N-dealkylation sites (tertiary alicyclic amines) is 1. The summed E-state index contributed by atoms with van der Waals surface area (Å²) < 4.78 is 5.43. The summed E-state index contributed by atoms with van der Waals surface area (Å²) in [7, 11) is 1.88. The summed E-state index contributed by atoms with van der Waals surface area (Å²) in [6.07, 6.45) is 3.37. The van der Waals surface area contributed by atoms with Crippen LogP contribution in [0.15, 0.2) is 4.99 Å². The predicted octanol–water partition coefficient (Wildman–Crippen LogP) is 0.331. The standard InChI is InChI=1S/C13H26N4OS/c1-14-13(15-4-10-19-2)17-5-3-12(11-17)16-6-8-18-9-7-16/h12H,3-11H2,1-2H3,(H,14,15). The fourth-order valence-electron chi connectivity index (χ4n) is 2.77. The fraction of sp³-hybridized carbons (Fsp3) is 0.923. The van der Waals surface area contributed by atoms with Crippen LogP contribution in [0.5, 0.6) is 0 Å². The Kier molecular flexibility index (Phi) is 6.26. The third kappa shape index (κ3) is 4.26. The van der Waals surface area contributed by atoms with Crippen molar-refractivity contribution >= 4 is 17.7 Å². The first-order valence-electron chi connectivity index (χ1n) is 7.11. The maximum Gasteiger partial charge on any atom is 0.193 e. The van der Waals surface area contributed by atoms with Crippen molar-refractivity contribution < 1.29 is 4.74 Å². The van der Waals surface area contributed by atoms with Crippen molar-refractivity contribution in [1.29, 1.82) is 0 Å². The average Bonchev–Trinajstić information content (AvgIpc) is 2.94. The number of thioether (sulfide) groups is 1. The SMILES string of the molecule is CN=C(NCCSC)N1CCC(N2CCOCC2)C1. The number of guanidine groups is 1. The molecule has 2 aliphatic rings. The number of hydrogen-bond acceptors (Lipinski definition) is 4. The first kappa shape index (κ1) is 14.9. The quantitative estimate of drug-likeness (QED) is 0.458. The van der Waals surface area contributed by atoms with Crippen molar-refractivity contribution in [2.75, 3.05) is 65.0 Å². The molecule has 110 valence electrons. The average molecular weight is 286 g/mol. The minimum Gasteiger partial charge on any atom is -0.379 e. The number of aliphatic imine (C=N–C) groups is 1. The van der Waals surface area contributed by atoms with Crippen molar-refractivity contribution in [3.8, 4) is 0 Å². The third-order valence-electron chi connectivity index (χ3n) is 3.83. The normalized spacial score (nSPS) is 25.9. The van der Waals surface area contributed by atoms with Gasteiger partial charge in [-0.05, 0) is 12.7 Å². The summed E-state index contributed by atoms with van der Waals surface area (Å²) in [5.74, 6) is 2.18. The smallest absolute Gasteiger partial charge is 0.193 e. The van der Waals surface area contributed by atoms with Gasteiger partial charge in [0.2, 0.25) is 0 Å². The summed E-state index contributed by atoms with van der Waals surface area (Å²) in [4.78, 5) is 9.36. The van der Waals surface area contributed by atoms with Gasteiger partial charge in [0.1, 0.15) is 0 Å². The van der Waals surface area contributed by atoms with Crippen LogP contribution < -0.4 is 5.32 Å². The van der Waals surface area contributed by atoms with Gasteiger partial charge in [-0.25, -0.2) is 0 Å². The summed E-state index contributed by atoms with van der Waals surface area (Å²) >= 11 is 1.86. The molecule has 19 heavy (non-hydrogen) atoms. The van der Waals surface area contributed by atoms with Gasteiger partial charge in [0.05, 0.1) is 13.2 Å². The Bertz CT molecular complexity index is 294. The highest BCUT2D eigenvalue weighted by Crippen LogP contribution is 2.16. The molecule has 2 aliphatic heterocycles. The molecule has 2 heterocycles. The molecule has 2 rings (SSSR count). The lowest BCUT2D eigenvalue weighted by molar-refractivity contribution is 0.0195. The van der Waals surface area contributed by atoms with E-state index in [0.29, 0.717) is 6.04 Å². The molecule has 0 aliphatic carbocycles. The first-order chi connectivity index (χ1) is 9.35. The minimum absolute atomic E-state index is 0.669. The topological polar surface area (TPSA) is 40.1 Å². The van der Waals surface area contributed by atoms with Crippen LogP contribution >= 0.6 is 11.8 Å². The molecule has 1 atom stereocenters. The lowest BCUT2D eigenvalue weighted by atomic mass is 10.2. The van der Waals surface area contributed by atoms with Gasteiger partial charge >= 0.3 is 0 Å². The van der Waals surface area contributed by atoms with E-state index in [4.69, 9.17) is 4.74 Å². The lowest BCUT2D eigenvalue weighted by Gasteiger charge is -2.32. The number of nitrogens with zero attached hydrogens (tertiary/aromatic N) is 3. The van der Waals surface area contributed by atoms with Gasteiger partial charge < -0.3 is 15.0 Å². The molecular weight excluding hydrogens is 260 g/mol. The van der Waals surface area contributed by atoms with E-state index in [0.717, 1.165) is 57.6 Å². The van der Waals surface area contributed by atoms with Crippen molar-refractivity contribution in [3.63, 3.8) is 0 Å². The largest absolute Gasteiger partial charge is 0.379 e. The monoisotopic (exact) mass is 286 g/mol. The van der Waals surface area contributed by atoms with Crippen LogP contribution in [-0.4, -0.2) is 86.8 Å². The maximum atomic E-state index is 5.43. The second kappa shape index (κ2) is 7.97. The van der Waals surface area contributed by atoms with E-state index in [1.807, 2.05) is 18.8 Å². The van der Waals surface area contributed by atoms with Crippen molar-refractivity contribution in [2.24, 2.45) is 4.99 Å². The van der Waals surface area contributed by atoms with Gasteiger partial charge in [-0.15, -0.1) is 0 Å². The molecule has 0 saturated carbocycles. The molecule has 6 heteroatoms. The van der Waals surface area contributed by atoms with E-state index in [1.165, 1.54) is 6.42 Å². The van der Waals surface area contributed by atoms with Crippen molar-refractivity contribution in [3.05, 3.63) is 0 Å². The highest BCUT2D eigenvalue weighted by molar-refractivity contribution is 7.98. The molecule has 1 N–H and O–H groups in total. The summed E-state index contributed by atoms with van der Waals surface area (Å²) in [5.41, 5.74) is 0. The van der Waals surface area contributed by atoms with Gasteiger partial charge in [0.25, 0.3) is 0 Å². The zero-order chi connectivity index (χ0) is 13.5. The maximum absolute atomic E-state index is 5.43. The lowest BCUT2D eigenvalue weighted by Crippen LogP contribution is -2.47. The van der Waals surface area contributed by atoms with Gasteiger partial charge in [-0.3, -0.25) is 9.89 Å². The van der Waals surface area contributed by atoms with Gasteiger partial charge in [0, 0.05) is 51.6 Å². The molecule has 2 fully saturated rings. The molecular formula is C13H26N4OS. The Morgan fingerprint density at radius 1 is 1.37 bits per heavy atom. The minimum atomic E-state index is 0.669. The van der Waals surface area contributed by atoms with Crippen LogP contribution in [0.25, 0.3) is 0 Å². The van der Waals surface area contributed by atoms with Crippen LogP contribution in [0.2, 0.25) is 0 Å². The molecule has 1 unspecified atom stereocenters. The Labute approximate surface area is 120 Å². The van der Waals surface area contributed by atoms with Gasteiger partial charge in [0.15, 0.2) is 5.96 Å². The van der Waals surface area contributed by atoms with E-state index in [9.17, 15) is 0 Å². The Morgan fingerprint density at radius 2 is 2.16 bits per heavy atom. The van der Waals surface area contributed by atoms with Gasteiger partial charge in [-0.2, -0.15) is 11.8 Å². The molecule has 0 amide bonds. The summed E-state index contributed by atoms with van der Waals surface area (Å²) in [6.45, 7) is 7.13. The highest BCUT2D eigenvalue weighted by atomic mass is 32.2. The number of ether oxygens (including phenoxy) is 1. The Morgan fingerprint density at radius 3 is 2.84 bits per heavy atom. The molecule has 0 spiro atoms. The fourth-order valence-corrected chi connectivity index (χ4v) is 3.08. The van der Waals surface area contributed by atoms with Crippen LogP contribution in [-0.2, 0) is 4.74 Å². The Hall–Kier alpha value is -0.460. The number of nitrogens with one attached hydrogen (secondary N) is 1. The van der Waals surface area contributed by atoms with Crippen molar-refractivity contribution in [1.82, 2.24) is 15.1 Å². The highest BCUT2D eigenvalue weighted by Gasteiger charge is 2.29. The van der Waals surface area contributed by atoms with E-state index in [2.05, 4.69) is 26.4 Å². The van der Waals surface area contributed by atoms with E-state index in [1.54, 1.807) is 0 Å². The molecule has 0 aromatic rings. The van der Waals surface area contributed by atoms with E-state index >= 15 is 0 Å². The predicted molar refractivity (Wildman–Crippen MR) is 82.1 cm³/mol. The van der Waals surface area contributed by atoms with Crippen LogP contribution in [0.3, 0.4) is 0 Å². The summed E-state index contributed by atoms with van der Waals surface area (Å²) in [6, 6.07) is 0.669. The second-order valence-electron chi connectivity index (χ2n) is 5.00. The zero-order valence-corrected chi connectivity index (χ0v) is 12.9. The number of morpholine rings is 1. The number of rotatable bonds is 4. The van der Waals surface area contributed by atoms with Crippen LogP contribution in [0, 0.1) is 0 Å². The second-order valence-corrected chi connectivity index (χ2v) is 5.99. The molecule has 5 nitrogen and oxygen atoms in total. The zero-order valence-electron chi connectivity index (χ0n) is 12.1. The summed E-state index contributed by atoms with van der Waals surface area (Å²) in [5, 5.41) is 3.45. The van der Waals surface area contributed by atoms with E-state index < -0.39 is 0 Å². The first-order valence-corrected chi connectivity index (χ1v) is 8.51. The van der Waals surface area contributed by atoms with Crippen LogP contribution in [0.4, 0.5) is 0 Å². The van der Waals surface area contributed by atoms with E-state index in [-0.39, 0.29) is 0 Å². The third-order valence-corrected chi connectivity index (χ3v) is 4.44. The molecule has 0 bridgehead atoms. The molecule has 0 aromatic heterocycles. The molecule has 0 radical (unpaired) electrons. The molecule has 2 saturated heterocycles. The Balaban J connectivity index is 1.79. The van der Waals surface area contributed by atoms with Gasteiger partial charge in [-0.1, -0.05) is 0 Å². The number of hydrogen-bond donors (Lipinski definition) is 1.